The number of rotatable bonds is 6. The number of carboxylic acid groups (broad SMARTS) is 1. The van der Waals surface area contributed by atoms with Gasteiger partial charge in [0.2, 0.25) is 5.76 Å². The number of aliphatic hydroxyl groups is 1. The number of hydrogen-bond acceptors (Lipinski definition) is 4. The zero-order valence-corrected chi connectivity index (χ0v) is 11.4. The van der Waals surface area contributed by atoms with Crippen molar-refractivity contribution in [2.24, 2.45) is 0 Å². The molecule has 0 atom stereocenters. The van der Waals surface area contributed by atoms with E-state index in [0.717, 1.165) is 12.1 Å². The highest BCUT2D eigenvalue weighted by molar-refractivity contribution is 5.84. The van der Waals surface area contributed by atoms with Crippen molar-refractivity contribution in [2.75, 3.05) is 13.1 Å². The molecular weight excluding hydrogens is 234 g/mol. The van der Waals surface area contributed by atoms with E-state index in [2.05, 4.69) is 0 Å². The fraction of sp³-hybridized carbons (Fsp3) is 0.615. The Morgan fingerprint density at radius 3 is 2.50 bits per heavy atom. The van der Waals surface area contributed by atoms with Gasteiger partial charge in [-0.1, -0.05) is 6.92 Å². The molecule has 0 aliphatic carbocycles. The topological polar surface area (TPSA) is 73.9 Å². The molecule has 102 valence electrons. The highest BCUT2D eigenvalue weighted by atomic mass is 16.4. The Morgan fingerprint density at radius 1 is 1.50 bits per heavy atom. The quantitative estimate of drug-likeness (QED) is 0.812. The number of carbonyl (C=O) groups is 1. The van der Waals surface area contributed by atoms with Crippen molar-refractivity contribution in [3.05, 3.63) is 23.2 Å². The van der Waals surface area contributed by atoms with E-state index in [1.54, 1.807) is 26.8 Å². The lowest BCUT2D eigenvalue weighted by molar-refractivity contribution is 0.0352. The third-order valence-electron chi connectivity index (χ3n) is 2.68. The van der Waals surface area contributed by atoms with Gasteiger partial charge >= 0.3 is 5.97 Å². The molecule has 0 aliphatic rings. The van der Waals surface area contributed by atoms with Gasteiger partial charge in [-0.3, -0.25) is 4.90 Å². The summed E-state index contributed by atoms with van der Waals surface area (Å²) < 4.78 is 5.16. The predicted octanol–water partition coefficient (Wildman–Crippen LogP) is 1.88. The van der Waals surface area contributed by atoms with Crippen LogP contribution in [0.1, 0.15) is 42.6 Å². The second-order valence-corrected chi connectivity index (χ2v) is 5.11. The number of furan rings is 1. The second-order valence-electron chi connectivity index (χ2n) is 5.11. The average molecular weight is 255 g/mol. The Kier molecular flexibility index (Phi) is 4.53. The smallest absolute Gasteiger partial charge is 0.371 e. The first-order valence-electron chi connectivity index (χ1n) is 6.00. The van der Waals surface area contributed by atoms with Gasteiger partial charge < -0.3 is 14.6 Å². The molecule has 0 saturated heterocycles. The highest BCUT2D eigenvalue weighted by Gasteiger charge is 2.20. The SMILES string of the molecule is CCN(Cc1cc(C(=O)O)oc1C)CC(C)(C)O. The van der Waals surface area contributed by atoms with E-state index in [1.165, 1.54) is 0 Å². The lowest BCUT2D eigenvalue weighted by Crippen LogP contribution is -2.38. The molecule has 0 fully saturated rings. The molecule has 0 spiro atoms. The fourth-order valence-electron chi connectivity index (χ4n) is 1.85. The molecule has 1 aromatic heterocycles. The number of aryl methyl sites for hydroxylation is 1. The van der Waals surface area contributed by atoms with Crippen LogP contribution in [0.4, 0.5) is 0 Å². The molecule has 1 rings (SSSR count). The molecule has 0 unspecified atom stereocenters. The number of aromatic carboxylic acids is 1. The third kappa shape index (κ3) is 4.16. The van der Waals surface area contributed by atoms with E-state index in [0.29, 0.717) is 18.8 Å². The van der Waals surface area contributed by atoms with Gasteiger partial charge in [0.25, 0.3) is 0 Å². The highest BCUT2D eigenvalue weighted by Crippen LogP contribution is 2.18. The minimum absolute atomic E-state index is 0.0400. The van der Waals surface area contributed by atoms with Crippen LogP contribution in [0.3, 0.4) is 0 Å². The Morgan fingerprint density at radius 2 is 2.11 bits per heavy atom. The van der Waals surface area contributed by atoms with Crippen LogP contribution in [0.25, 0.3) is 0 Å². The van der Waals surface area contributed by atoms with Crippen molar-refractivity contribution in [1.29, 1.82) is 0 Å². The van der Waals surface area contributed by atoms with Gasteiger partial charge in [0, 0.05) is 18.7 Å². The minimum Gasteiger partial charge on any atom is -0.475 e. The first-order chi connectivity index (χ1) is 8.23. The Balaban J connectivity index is 2.79. The zero-order valence-electron chi connectivity index (χ0n) is 11.4. The Bertz CT molecular complexity index is 417. The molecule has 5 nitrogen and oxygen atoms in total. The van der Waals surface area contributed by atoms with E-state index in [-0.39, 0.29) is 5.76 Å². The summed E-state index contributed by atoms with van der Waals surface area (Å²) >= 11 is 0. The van der Waals surface area contributed by atoms with E-state index in [9.17, 15) is 9.90 Å². The number of likely N-dealkylation sites (N-methyl/N-ethyl adjacent to an activating group) is 1. The van der Waals surface area contributed by atoms with Crippen LogP contribution in [-0.4, -0.2) is 39.8 Å². The molecular formula is C13H21NO4. The zero-order chi connectivity index (χ0) is 13.9. The number of hydrogen-bond donors (Lipinski definition) is 2. The van der Waals surface area contributed by atoms with Gasteiger partial charge in [-0.05, 0) is 33.4 Å². The van der Waals surface area contributed by atoms with Crippen molar-refractivity contribution in [3.8, 4) is 0 Å². The maximum atomic E-state index is 10.8. The number of carboxylic acids is 1. The van der Waals surface area contributed by atoms with Gasteiger partial charge in [0.15, 0.2) is 0 Å². The van der Waals surface area contributed by atoms with Crippen molar-refractivity contribution < 1.29 is 19.4 Å². The van der Waals surface area contributed by atoms with Crippen LogP contribution in [0.2, 0.25) is 0 Å². The first kappa shape index (κ1) is 14.7. The summed E-state index contributed by atoms with van der Waals surface area (Å²) in [7, 11) is 0. The fourth-order valence-corrected chi connectivity index (χ4v) is 1.85. The van der Waals surface area contributed by atoms with E-state index in [4.69, 9.17) is 9.52 Å². The largest absolute Gasteiger partial charge is 0.475 e. The summed E-state index contributed by atoms with van der Waals surface area (Å²) in [5, 5.41) is 18.7. The van der Waals surface area contributed by atoms with Gasteiger partial charge in [-0.2, -0.15) is 0 Å². The van der Waals surface area contributed by atoms with Crippen LogP contribution in [0, 0.1) is 6.92 Å². The van der Waals surface area contributed by atoms with Crippen molar-refractivity contribution >= 4 is 5.97 Å². The van der Waals surface area contributed by atoms with Crippen molar-refractivity contribution in [2.45, 2.75) is 39.8 Å². The molecule has 0 saturated carbocycles. The van der Waals surface area contributed by atoms with E-state index < -0.39 is 11.6 Å². The maximum absolute atomic E-state index is 10.8. The monoisotopic (exact) mass is 255 g/mol. The lowest BCUT2D eigenvalue weighted by Gasteiger charge is -2.27. The molecule has 0 aliphatic heterocycles. The molecule has 0 bridgehead atoms. The van der Waals surface area contributed by atoms with Gasteiger partial charge in [0.05, 0.1) is 5.60 Å². The first-order valence-corrected chi connectivity index (χ1v) is 6.00. The summed E-state index contributed by atoms with van der Waals surface area (Å²) in [6, 6.07) is 1.55. The summed E-state index contributed by atoms with van der Waals surface area (Å²) in [6.45, 7) is 9.12. The number of nitrogens with zero attached hydrogens (tertiary/aromatic N) is 1. The Hall–Kier alpha value is -1.33. The van der Waals surface area contributed by atoms with E-state index in [1.807, 2.05) is 11.8 Å². The van der Waals surface area contributed by atoms with Crippen LogP contribution < -0.4 is 0 Å². The van der Waals surface area contributed by atoms with Crippen LogP contribution in [-0.2, 0) is 6.54 Å². The normalized spacial score (nSPS) is 12.1. The van der Waals surface area contributed by atoms with Crippen LogP contribution >= 0.6 is 0 Å². The average Bonchev–Trinajstić information content (AvgIpc) is 2.57. The maximum Gasteiger partial charge on any atom is 0.371 e. The van der Waals surface area contributed by atoms with Crippen LogP contribution in [0.15, 0.2) is 10.5 Å². The Labute approximate surface area is 107 Å². The lowest BCUT2D eigenvalue weighted by atomic mass is 10.1. The summed E-state index contributed by atoms with van der Waals surface area (Å²) in [5.74, 6) is -0.488. The van der Waals surface area contributed by atoms with Crippen molar-refractivity contribution in [3.63, 3.8) is 0 Å². The molecule has 5 heteroatoms. The van der Waals surface area contributed by atoms with Gasteiger partial charge in [-0.25, -0.2) is 4.79 Å². The summed E-state index contributed by atoms with van der Waals surface area (Å²) in [6.07, 6.45) is 0. The summed E-state index contributed by atoms with van der Waals surface area (Å²) in [4.78, 5) is 12.8. The molecule has 2 N–H and O–H groups in total. The molecule has 0 radical (unpaired) electrons. The van der Waals surface area contributed by atoms with E-state index >= 15 is 0 Å². The molecule has 18 heavy (non-hydrogen) atoms. The van der Waals surface area contributed by atoms with Crippen molar-refractivity contribution in [1.82, 2.24) is 4.90 Å². The minimum atomic E-state index is -1.06. The van der Waals surface area contributed by atoms with Gasteiger partial charge in [-0.15, -0.1) is 0 Å². The third-order valence-corrected chi connectivity index (χ3v) is 2.68. The molecule has 0 aromatic carbocycles. The predicted molar refractivity (Wildman–Crippen MR) is 67.7 cm³/mol. The summed E-state index contributed by atoms with van der Waals surface area (Å²) in [5.41, 5.74) is 0.0713. The second kappa shape index (κ2) is 5.54. The standard InChI is InChI=1S/C13H21NO4/c1-5-14(8-13(3,4)17)7-10-6-11(12(15)16)18-9(10)2/h6,17H,5,7-8H2,1-4H3,(H,15,16). The van der Waals surface area contributed by atoms with Gasteiger partial charge in [0.1, 0.15) is 5.76 Å². The van der Waals surface area contributed by atoms with Crippen LogP contribution in [0.5, 0.6) is 0 Å². The molecule has 1 aromatic rings. The molecule has 1 heterocycles. The molecule has 0 amide bonds.